The van der Waals surface area contributed by atoms with E-state index < -0.39 is 21.2 Å². The summed E-state index contributed by atoms with van der Waals surface area (Å²) in [7, 11) is -3.82. The van der Waals surface area contributed by atoms with E-state index in [9.17, 15) is 18.0 Å². The number of sulfonamides is 1. The predicted molar refractivity (Wildman–Crippen MR) is 209 cm³/mol. The molecule has 5 saturated carbocycles. The van der Waals surface area contributed by atoms with Gasteiger partial charge >= 0.3 is 0 Å². The third-order valence-corrected chi connectivity index (χ3v) is 15.5. The number of anilines is 2. The van der Waals surface area contributed by atoms with E-state index in [1.54, 1.807) is 0 Å². The Kier molecular flexibility index (Phi) is 7.99. The lowest BCUT2D eigenvalue weighted by Crippen LogP contribution is -2.48. The average Bonchev–Trinajstić information content (AvgIpc) is 3.86. The van der Waals surface area contributed by atoms with Crippen LogP contribution in [0.1, 0.15) is 89.0 Å². The number of fused-ring (bicyclic) bond motifs is 2. The summed E-state index contributed by atoms with van der Waals surface area (Å²) >= 11 is 1.43. The number of carbonyl (C=O) groups is 2. The molecule has 54 heavy (non-hydrogen) atoms. The van der Waals surface area contributed by atoms with Gasteiger partial charge in [0, 0.05) is 42.0 Å². The predicted octanol–water partition coefficient (Wildman–Crippen LogP) is 7.12. The number of nitrogens with one attached hydrogen (secondary N) is 2. The van der Waals surface area contributed by atoms with Gasteiger partial charge in [0.25, 0.3) is 11.8 Å². The summed E-state index contributed by atoms with van der Waals surface area (Å²) in [4.78, 5) is 39.2. The molecule has 0 saturated heterocycles. The van der Waals surface area contributed by atoms with Gasteiger partial charge in [-0.2, -0.15) is 5.10 Å². The fourth-order valence-corrected chi connectivity index (χ4v) is 12.5. The SMILES string of the molecule is Cc1c(-c2ccc(N3CCc4cccc(C(=O)Nc5nc6ccccc6s5)c4C3)nc2C(=O)NS(=O)(=O)C2CC2)cnn1CC12CC3CC(CC(C3)C1)C2. The molecule has 0 unspecified atom stereocenters. The zero-order chi connectivity index (χ0) is 36.8. The van der Waals surface area contributed by atoms with Gasteiger partial charge < -0.3 is 4.90 Å². The minimum absolute atomic E-state index is 0.0573. The minimum Gasteiger partial charge on any atom is -0.352 e. The molecule has 5 aromatic rings. The first-order chi connectivity index (χ1) is 26.1. The number of aromatic nitrogens is 4. The van der Waals surface area contributed by atoms with E-state index in [-0.39, 0.29) is 17.0 Å². The molecule has 5 aliphatic carbocycles. The quantitative estimate of drug-likeness (QED) is 0.162. The number of nitrogens with zero attached hydrogens (tertiary/aromatic N) is 5. The van der Waals surface area contributed by atoms with Gasteiger partial charge in [0.2, 0.25) is 10.0 Å². The van der Waals surface area contributed by atoms with Crippen LogP contribution in [0.15, 0.2) is 60.8 Å². The maximum Gasteiger partial charge on any atom is 0.284 e. The Morgan fingerprint density at radius 1 is 0.907 bits per heavy atom. The molecular formula is C41H43N7O4S2. The second-order valence-corrected chi connectivity index (χ2v) is 19.5. The van der Waals surface area contributed by atoms with Crippen LogP contribution in [-0.4, -0.2) is 51.8 Å². The zero-order valence-electron chi connectivity index (χ0n) is 30.3. The van der Waals surface area contributed by atoms with Gasteiger partial charge in [-0.05, 0) is 129 Å². The van der Waals surface area contributed by atoms with E-state index in [4.69, 9.17) is 10.1 Å². The van der Waals surface area contributed by atoms with Crippen molar-refractivity contribution in [1.82, 2.24) is 24.5 Å². The molecule has 5 fully saturated rings. The lowest BCUT2D eigenvalue weighted by Gasteiger charge is -2.56. The van der Waals surface area contributed by atoms with Crippen LogP contribution in [-0.2, 0) is 29.5 Å². The van der Waals surface area contributed by atoms with Crippen LogP contribution >= 0.6 is 11.3 Å². The molecule has 6 aliphatic rings. The van der Waals surface area contributed by atoms with Crippen LogP contribution < -0.4 is 14.9 Å². The summed E-state index contributed by atoms with van der Waals surface area (Å²) in [5.74, 6) is 2.06. The first kappa shape index (κ1) is 33.9. The van der Waals surface area contributed by atoms with Crippen molar-refractivity contribution in [3.05, 3.63) is 88.9 Å². The molecule has 0 spiro atoms. The number of benzene rings is 2. The third-order valence-electron chi connectivity index (χ3n) is 12.7. The second kappa shape index (κ2) is 12.7. The van der Waals surface area contributed by atoms with Crippen LogP contribution in [0.3, 0.4) is 0 Å². The summed E-state index contributed by atoms with van der Waals surface area (Å²) in [6.07, 6.45) is 11.5. The Balaban J connectivity index is 0.954. The Morgan fingerprint density at radius 2 is 1.67 bits per heavy atom. The van der Waals surface area contributed by atoms with Crippen LogP contribution in [0.5, 0.6) is 0 Å². The van der Waals surface area contributed by atoms with E-state index in [1.165, 1.54) is 49.9 Å². The zero-order valence-corrected chi connectivity index (χ0v) is 31.9. The van der Waals surface area contributed by atoms with E-state index in [0.717, 1.165) is 56.9 Å². The highest BCUT2D eigenvalue weighted by Gasteiger charge is 2.51. The van der Waals surface area contributed by atoms with Crippen molar-refractivity contribution in [1.29, 1.82) is 0 Å². The molecule has 2 N–H and O–H groups in total. The van der Waals surface area contributed by atoms with Crippen molar-refractivity contribution >= 4 is 54.3 Å². The standard InChI is InChI=1S/C41H43N7O4S2/c1-24-32(21-42-48(24)23-41-18-25-15-26(19-41)17-27(16-25)20-41)30-11-12-36(44-37(30)39(50)46-54(51,52)29-9-10-29)47-14-13-28-5-4-6-31(33(28)22-47)38(49)45-40-43-34-7-2-3-8-35(34)53-40/h2-8,11-12,21,25-27,29H,9-10,13-20,22-23H2,1H3,(H,46,50)(H,43,45,49). The van der Waals surface area contributed by atoms with Gasteiger partial charge in [-0.1, -0.05) is 35.6 Å². The molecule has 0 radical (unpaired) electrons. The third kappa shape index (κ3) is 6.09. The smallest absolute Gasteiger partial charge is 0.284 e. The molecule has 1 aliphatic heterocycles. The van der Waals surface area contributed by atoms with Gasteiger partial charge in [0.1, 0.15) is 11.5 Å². The largest absolute Gasteiger partial charge is 0.352 e. The van der Waals surface area contributed by atoms with Crippen molar-refractivity contribution < 1.29 is 18.0 Å². The molecule has 278 valence electrons. The number of thiazole rings is 1. The number of hydrogen-bond donors (Lipinski definition) is 2. The summed E-state index contributed by atoms with van der Waals surface area (Å²) in [5.41, 5.74) is 5.99. The van der Waals surface area contributed by atoms with Gasteiger partial charge in [-0.25, -0.2) is 23.1 Å². The van der Waals surface area contributed by atoms with E-state index in [0.29, 0.717) is 54.4 Å². The topological polar surface area (TPSA) is 139 Å². The highest BCUT2D eigenvalue weighted by atomic mass is 32.2. The number of hydrogen-bond acceptors (Lipinski definition) is 9. The maximum absolute atomic E-state index is 14.0. The van der Waals surface area contributed by atoms with Gasteiger partial charge in [0.05, 0.1) is 21.7 Å². The van der Waals surface area contributed by atoms with Gasteiger partial charge in [0.15, 0.2) is 5.13 Å². The van der Waals surface area contributed by atoms with Gasteiger partial charge in [-0.15, -0.1) is 0 Å². The Morgan fingerprint density at radius 3 is 2.41 bits per heavy atom. The first-order valence-electron chi connectivity index (χ1n) is 19.2. The lowest BCUT2D eigenvalue weighted by atomic mass is 9.49. The van der Waals surface area contributed by atoms with Gasteiger partial charge in [-0.3, -0.25) is 19.6 Å². The van der Waals surface area contributed by atoms with Crippen molar-refractivity contribution in [2.75, 3.05) is 16.8 Å². The highest BCUT2D eigenvalue weighted by Crippen LogP contribution is 2.60. The second-order valence-electron chi connectivity index (χ2n) is 16.5. The minimum atomic E-state index is -3.82. The molecule has 2 amide bonds. The van der Waals surface area contributed by atoms with Crippen molar-refractivity contribution in [3.8, 4) is 11.1 Å². The molecule has 4 heterocycles. The maximum atomic E-state index is 14.0. The van der Waals surface area contributed by atoms with Crippen molar-refractivity contribution in [2.45, 2.75) is 83.1 Å². The monoisotopic (exact) mass is 761 g/mol. The molecule has 0 atom stereocenters. The normalized spacial score (nSPS) is 24.5. The van der Waals surface area contributed by atoms with Crippen molar-refractivity contribution in [2.24, 2.45) is 23.2 Å². The molecule has 4 bridgehead atoms. The van der Waals surface area contributed by atoms with E-state index in [2.05, 4.69) is 24.6 Å². The Hall–Kier alpha value is -4.62. The van der Waals surface area contributed by atoms with Crippen molar-refractivity contribution in [3.63, 3.8) is 0 Å². The number of carbonyl (C=O) groups excluding carboxylic acids is 2. The molecule has 13 heteroatoms. The molecule has 11 rings (SSSR count). The number of rotatable bonds is 9. The Labute approximate surface area is 318 Å². The van der Waals surface area contributed by atoms with Crippen LogP contribution in [0.25, 0.3) is 21.3 Å². The fraction of sp³-hybridized carbons (Fsp3) is 0.439. The van der Waals surface area contributed by atoms with E-state index >= 15 is 0 Å². The summed E-state index contributed by atoms with van der Waals surface area (Å²) < 4.78 is 31.5. The average molecular weight is 762 g/mol. The number of pyridine rings is 1. The summed E-state index contributed by atoms with van der Waals surface area (Å²) in [6.45, 7) is 3.93. The fourth-order valence-electron chi connectivity index (χ4n) is 10.4. The Bertz CT molecular complexity index is 2380. The van der Waals surface area contributed by atoms with Crippen LogP contribution in [0, 0.1) is 30.1 Å². The molecule has 11 nitrogen and oxygen atoms in total. The molecule has 3 aromatic heterocycles. The lowest BCUT2D eigenvalue weighted by molar-refractivity contribution is -0.0638. The van der Waals surface area contributed by atoms with E-state index in [1.807, 2.05) is 67.7 Å². The summed E-state index contributed by atoms with van der Waals surface area (Å²) in [5, 5.41) is 7.86. The van der Waals surface area contributed by atoms with Crippen LogP contribution in [0.4, 0.5) is 10.9 Å². The number of amides is 2. The first-order valence-corrected chi connectivity index (χ1v) is 21.6. The molecule has 2 aromatic carbocycles. The number of para-hydroxylation sites is 1. The summed E-state index contributed by atoms with van der Waals surface area (Å²) in [6, 6.07) is 17.3. The van der Waals surface area contributed by atoms with Crippen LogP contribution in [0.2, 0.25) is 0 Å². The highest BCUT2D eigenvalue weighted by molar-refractivity contribution is 7.91. The molecular weight excluding hydrogens is 719 g/mol.